The molecule has 1 aromatic carbocycles. The van der Waals surface area contributed by atoms with Crippen LogP contribution in [0.2, 0.25) is 5.02 Å². The van der Waals surface area contributed by atoms with Crippen LogP contribution in [0.4, 0.5) is 9.93 Å². The lowest BCUT2D eigenvalue weighted by Gasteiger charge is -2.41. The molecule has 3 aliphatic heterocycles. The minimum absolute atomic E-state index is 0.0462. The number of hydrogen-bond acceptors (Lipinski definition) is 15. The number of halogens is 1. The van der Waals surface area contributed by atoms with Crippen molar-refractivity contribution in [1.82, 2.24) is 25.1 Å². The van der Waals surface area contributed by atoms with Gasteiger partial charge >= 0.3 is 23.9 Å². The van der Waals surface area contributed by atoms with Crippen molar-refractivity contribution in [3.63, 3.8) is 0 Å². The van der Waals surface area contributed by atoms with Gasteiger partial charge in [0.1, 0.15) is 17.1 Å². The average molecular weight is 741 g/mol. The first-order valence-corrected chi connectivity index (χ1v) is 15.9. The number of aliphatic carboxylic acids is 3. The number of fused-ring (bicyclic) bond motifs is 1. The van der Waals surface area contributed by atoms with Gasteiger partial charge in [-0.3, -0.25) is 14.5 Å². The highest BCUT2D eigenvalue weighted by atomic mass is 35.5. The van der Waals surface area contributed by atoms with Gasteiger partial charge in [-0.25, -0.2) is 29.2 Å². The Labute approximate surface area is 287 Å². The number of carboxylic acid groups (broad SMARTS) is 3. The summed E-state index contributed by atoms with van der Waals surface area (Å²) >= 11 is 7.62. The third kappa shape index (κ3) is 6.08. The Morgan fingerprint density at radius 3 is 2.43 bits per heavy atom. The maximum atomic E-state index is 13.5. The number of thioether (sulfide) groups is 1. The van der Waals surface area contributed by atoms with Crippen LogP contribution in [0.1, 0.15) is 25.1 Å². The average Bonchev–Trinajstić information content (AvgIpc) is 3.73. The largest absolute Gasteiger partial charge is 0.504 e. The maximum Gasteiger partial charge on any atom is 0.357 e. The van der Waals surface area contributed by atoms with Crippen LogP contribution in [0.15, 0.2) is 27.8 Å². The lowest BCUT2D eigenvalue weighted by Crippen LogP contribution is -2.68. The van der Waals surface area contributed by atoms with Crippen molar-refractivity contribution in [2.24, 2.45) is 10.3 Å². The summed E-state index contributed by atoms with van der Waals surface area (Å²) in [6.45, 7) is 1.30. The van der Waals surface area contributed by atoms with E-state index in [1.54, 1.807) is 0 Å². The number of phenols is 2. The lowest BCUT2D eigenvalue weighted by atomic mass is 10.1. The normalized spacial score (nSPS) is 22.6. The second-order valence-corrected chi connectivity index (χ2v) is 13.7. The number of oxime groups is 1. The molecule has 0 radical (unpaired) electrons. The van der Waals surface area contributed by atoms with Crippen molar-refractivity contribution in [3.8, 4) is 11.5 Å². The standard InChI is InChI=1S/C26H25ClN8O12S2/c1-25(2,21(42)43)47-32-14(10-7-48-23(28)29-10)17(38)30-15-18(39)33-8-26(22(44)45,49-19(15)33)34-5-6-35(24(34)46)31-13(20(40)41)9-3-4-11(36)16(37)12(9)27/h3-4,7,15,19,36-37H,5-6,8H2,1-2H3,(H2,28,29)(H,30,38)(H,40,41)(H,42,43)(H,44,45)/b31-13-,32-14-/t15-,19-,26-/m1/s1. The van der Waals surface area contributed by atoms with E-state index in [9.17, 15) is 54.3 Å². The second kappa shape index (κ2) is 12.6. The molecule has 0 spiro atoms. The van der Waals surface area contributed by atoms with Crippen molar-refractivity contribution < 1.29 is 59.1 Å². The molecule has 3 aliphatic rings. The van der Waals surface area contributed by atoms with Gasteiger partial charge in [-0.05, 0) is 26.0 Å². The Kier molecular flexibility index (Phi) is 8.99. The number of aromatic hydroxyl groups is 2. The summed E-state index contributed by atoms with van der Waals surface area (Å²) in [5.74, 6) is -7.74. The van der Waals surface area contributed by atoms with Crippen LogP contribution in [-0.2, 0) is 28.8 Å². The zero-order valence-corrected chi connectivity index (χ0v) is 27.4. The minimum Gasteiger partial charge on any atom is -0.504 e. The summed E-state index contributed by atoms with van der Waals surface area (Å²) < 4.78 is 0. The highest BCUT2D eigenvalue weighted by molar-refractivity contribution is 8.02. The lowest BCUT2D eigenvalue weighted by molar-refractivity contribution is -0.161. The maximum absolute atomic E-state index is 13.5. The topological polar surface area (TPSA) is 298 Å². The molecule has 0 unspecified atom stereocenters. The molecule has 2 aromatic rings. The Morgan fingerprint density at radius 1 is 1.14 bits per heavy atom. The number of anilines is 1. The smallest absolute Gasteiger partial charge is 0.357 e. The van der Waals surface area contributed by atoms with Crippen molar-refractivity contribution >= 4 is 87.0 Å². The number of nitrogens with one attached hydrogen (secondary N) is 1. The van der Waals surface area contributed by atoms with Gasteiger partial charge in [0, 0.05) is 17.5 Å². The predicted octanol–water partition coefficient (Wildman–Crippen LogP) is -0.219. The number of nitrogens with zero attached hydrogens (tertiary/aromatic N) is 6. The van der Waals surface area contributed by atoms with E-state index in [2.05, 4.69) is 20.6 Å². The van der Waals surface area contributed by atoms with Crippen LogP contribution in [0.3, 0.4) is 0 Å². The Bertz CT molecular complexity index is 1870. The summed E-state index contributed by atoms with van der Waals surface area (Å²) in [6, 6.07) is -0.333. The Morgan fingerprint density at radius 2 is 1.84 bits per heavy atom. The first kappa shape index (κ1) is 35.0. The molecule has 3 fully saturated rings. The van der Waals surface area contributed by atoms with E-state index in [1.807, 2.05) is 0 Å². The number of aromatic nitrogens is 1. The summed E-state index contributed by atoms with van der Waals surface area (Å²) in [7, 11) is 0. The summed E-state index contributed by atoms with van der Waals surface area (Å²) in [5.41, 5.74) is 2.08. The van der Waals surface area contributed by atoms with Crippen LogP contribution in [0.5, 0.6) is 11.5 Å². The van der Waals surface area contributed by atoms with E-state index in [4.69, 9.17) is 22.2 Å². The number of hydrazone groups is 1. The summed E-state index contributed by atoms with van der Waals surface area (Å²) in [5, 5.41) is 59.6. The molecule has 20 nitrogen and oxygen atoms in total. The van der Waals surface area contributed by atoms with Crippen LogP contribution in [-0.4, -0.2) is 134 Å². The van der Waals surface area contributed by atoms with Crippen molar-refractivity contribution in [1.29, 1.82) is 0 Å². The number of nitrogen functional groups attached to an aromatic ring is 1. The molecule has 3 saturated heterocycles. The highest BCUT2D eigenvalue weighted by Crippen LogP contribution is 2.49. The van der Waals surface area contributed by atoms with Crippen molar-refractivity contribution in [3.05, 3.63) is 33.8 Å². The molecular formula is C26H25ClN8O12S2. The van der Waals surface area contributed by atoms with E-state index in [0.717, 1.165) is 33.3 Å². The van der Waals surface area contributed by atoms with E-state index in [1.165, 1.54) is 19.2 Å². The molecule has 5 rings (SSSR count). The number of carboxylic acids is 3. The first-order chi connectivity index (χ1) is 22.9. The second-order valence-electron chi connectivity index (χ2n) is 11.0. The number of thiazole rings is 1. The third-order valence-corrected chi connectivity index (χ3v) is 10.3. The van der Waals surface area contributed by atoms with Gasteiger partial charge in [0.05, 0.1) is 18.1 Å². The van der Waals surface area contributed by atoms with E-state index in [0.29, 0.717) is 16.8 Å². The highest BCUT2D eigenvalue weighted by Gasteiger charge is 2.66. The molecule has 49 heavy (non-hydrogen) atoms. The number of amides is 4. The molecule has 0 saturated carbocycles. The number of phenolic OH excluding ortho intramolecular Hbond substituents is 2. The zero-order chi connectivity index (χ0) is 36.2. The molecule has 8 N–H and O–H groups in total. The van der Waals surface area contributed by atoms with E-state index >= 15 is 0 Å². The van der Waals surface area contributed by atoms with Crippen molar-refractivity contribution in [2.45, 2.75) is 35.7 Å². The van der Waals surface area contributed by atoms with E-state index < -0.39 is 92.1 Å². The molecule has 3 atom stereocenters. The number of urea groups is 1. The van der Waals surface area contributed by atoms with Crippen LogP contribution in [0.25, 0.3) is 0 Å². The molecule has 260 valence electrons. The molecule has 4 amide bonds. The molecule has 23 heteroatoms. The molecule has 1 aromatic heterocycles. The summed E-state index contributed by atoms with van der Waals surface area (Å²) in [6.07, 6.45) is 0. The number of rotatable bonds is 11. The van der Waals surface area contributed by atoms with E-state index in [-0.39, 0.29) is 29.5 Å². The van der Waals surface area contributed by atoms with Gasteiger partial charge in [-0.1, -0.05) is 28.5 Å². The number of carbonyl (C=O) groups is 6. The Balaban J connectivity index is 1.37. The van der Waals surface area contributed by atoms with Crippen LogP contribution < -0.4 is 11.1 Å². The number of benzene rings is 1. The van der Waals surface area contributed by atoms with Crippen LogP contribution in [0, 0.1) is 0 Å². The number of hydrogen-bond donors (Lipinski definition) is 7. The van der Waals surface area contributed by atoms with Gasteiger partial charge in [0.2, 0.25) is 16.4 Å². The van der Waals surface area contributed by atoms with Gasteiger partial charge in [-0.2, -0.15) is 5.10 Å². The minimum atomic E-state index is -2.09. The van der Waals surface area contributed by atoms with Gasteiger partial charge < -0.3 is 46.3 Å². The number of nitrogens with two attached hydrogens (primary N) is 1. The number of β-lactam (4-membered cyclic amide) rings is 1. The fourth-order valence-corrected chi connectivity index (χ4v) is 7.27. The van der Waals surface area contributed by atoms with Gasteiger partial charge in [0.25, 0.3) is 5.91 Å². The quantitative estimate of drug-likeness (QED) is 0.0678. The Hall–Kier alpha value is -5.35. The molecule has 0 bridgehead atoms. The van der Waals surface area contributed by atoms with Gasteiger partial charge in [0.15, 0.2) is 28.1 Å². The third-order valence-electron chi connectivity index (χ3n) is 7.52. The predicted molar refractivity (Wildman–Crippen MR) is 169 cm³/mol. The fraction of sp³-hybridized carbons (Fsp3) is 0.346. The fourth-order valence-electron chi connectivity index (χ4n) is 4.84. The van der Waals surface area contributed by atoms with Gasteiger partial charge in [-0.15, -0.1) is 11.3 Å². The van der Waals surface area contributed by atoms with Crippen molar-refractivity contribution in [2.75, 3.05) is 25.4 Å². The monoisotopic (exact) mass is 740 g/mol. The SMILES string of the molecule is CC(C)(O/N=C(\C(=O)N[C@@H]1C(=O)N2C[C@@](C(=O)O)(N3CCN(/N=C(\C(=O)O)c4ccc(O)c(O)c4Cl)C3=O)S[C@H]12)c1csc(N)n1)C(=O)O. The van der Waals surface area contributed by atoms with Crippen LogP contribution >= 0.6 is 34.7 Å². The molecule has 0 aliphatic carbocycles. The molecule has 4 heterocycles. The summed E-state index contributed by atoms with van der Waals surface area (Å²) in [4.78, 5) is 85.3. The molecular weight excluding hydrogens is 716 g/mol. The first-order valence-electron chi connectivity index (χ1n) is 13.7. The zero-order valence-electron chi connectivity index (χ0n) is 25.1. The number of carbonyl (C=O) groups excluding carboxylic acids is 3.